The van der Waals surface area contributed by atoms with Gasteiger partial charge in [-0.15, -0.1) is 0 Å². The lowest BCUT2D eigenvalue weighted by atomic mass is 9.92. The van der Waals surface area contributed by atoms with Crippen LogP contribution in [0.15, 0.2) is 24.4 Å². The van der Waals surface area contributed by atoms with Crippen molar-refractivity contribution in [1.82, 2.24) is 10.4 Å². The molecule has 1 aromatic carbocycles. The zero-order valence-corrected chi connectivity index (χ0v) is 11.2. The quantitative estimate of drug-likeness (QED) is 0.857. The fourth-order valence-corrected chi connectivity index (χ4v) is 2.36. The van der Waals surface area contributed by atoms with Crippen molar-refractivity contribution < 1.29 is 0 Å². The van der Waals surface area contributed by atoms with Crippen LogP contribution in [0.4, 0.5) is 0 Å². The fraction of sp³-hybridized carbons (Fsp3) is 0.467. The van der Waals surface area contributed by atoms with E-state index in [4.69, 9.17) is 0 Å². The van der Waals surface area contributed by atoms with E-state index >= 15 is 0 Å². The van der Waals surface area contributed by atoms with E-state index in [-0.39, 0.29) is 0 Å². The Morgan fingerprint density at radius 2 is 2.06 bits per heavy atom. The van der Waals surface area contributed by atoms with Gasteiger partial charge in [-0.05, 0) is 42.0 Å². The van der Waals surface area contributed by atoms with E-state index in [1.165, 1.54) is 22.3 Å². The molecule has 92 valence electrons. The molecule has 2 heteroatoms. The minimum Gasteiger partial charge on any atom is -0.311 e. The summed E-state index contributed by atoms with van der Waals surface area (Å²) < 4.78 is 0. The molecule has 1 N–H and O–H groups in total. The second kappa shape index (κ2) is 4.92. The van der Waals surface area contributed by atoms with Crippen LogP contribution in [0.3, 0.4) is 0 Å². The Balaban J connectivity index is 2.25. The first-order chi connectivity index (χ1) is 8.08. The van der Waals surface area contributed by atoms with Gasteiger partial charge in [0.05, 0.1) is 6.54 Å². The molecule has 0 radical (unpaired) electrons. The van der Waals surface area contributed by atoms with E-state index in [0.29, 0.717) is 5.92 Å². The number of nitrogens with zero attached hydrogens (tertiary/aromatic N) is 1. The van der Waals surface area contributed by atoms with Crippen LogP contribution in [0, 0.1) is 13.8 Å². The zero-order valence-electron chi connectivity index (χ0n) is 11.2. The predicted octanol–water partition coefficient (Wildman–Crippen LogP) is 3.26. The summed E-state index contributed by atoms with van der Waals surface area (Å²) in [6, 6.07) is 4.65. The third-order valence-electron chi connectivity index (χ3n) is 3.44. The Labute approximate surface area is 104 Å². The Morgan fingerprint density at radius 3 is 2.65 bits per heavy atom. The first-order valence-corrected chi connectivity index (χ1v) is 6.34. The number of hydrazine groups is 1. The van der Waals surface area contributed by atoms with Gasteiger partial charge in [0.25, 0.3) is 0 Å². The van der Waals surface area contributed by atoms with Gasteiger partial charge in [0, 0.05) is 12.7 Å². The Bertz CT molecular complexity index is 433. The molecule has 0 saturated carbocycles. The summed E-state index contributed by atoms with van der Waals surface area (Å²) in [4.78, 5) is 0. The lowest BCUT2D eigenvalue weighted by Crippen LogP contribution is -2.28. The summed E-state index contributed by atoms with van der Waals surface area (Å²) in [7, 11) is 0. The first kappa shape index (κ1) is 12.2. The SMILES string of the molecule is Cc1cc(CN2C=CCN2)cc(C(C)C)c1C. The smallest absolute Gasteiger partial charge is 0.0588 e. The molecule has 2 rings (SSSR count). The van der Waals surface area contributed by atoms with Gasteiger partial charge in [0.1, 0.15) is 0 Å². The molecule has 17 heavy (non-hydrogen) atoms. The summed E-state index contributed by atoms with van der Waals surface area (Å²) in [6.07, 6.45) is 4.26. The van der Waals surface area contributed by atoms with Gasteiger partial charge in [-0.3, -0.25) is 0 Å². The maximum absolute atomic E-state index is 3.31. The number of aryl methyl sites for hydroxylation is 1. The minimum absolute atomic E-state index is 0.593. The number of hydrogen-bond donors (Lipinski definition) is 1. The van der Waals surface area contributed by atoms with Crippen molar-refractivity contribution in [3.8, 4) is 0 Å². The zero-order chi connectivity index (χ0) is 12.4. The Hall–Kier alpha value is -1.28. The topological polar surface area (TPSA) is 15.3 Å². The van der Waals surface area contributed by atoms with Crippen molar-refractivity contribution in [2.45, 2.75) is 40.2 Å². The van der Waals surface area contributed by atoms with Crippen LogP contribution in [0.25, 0.3) is 0 Å². The molecule has 0 aliphatic carbocycles. The molecule has 1 aromatic rings. The summed E-state index contributed by atoms with van der Waals surface area (Å²) in [6.45, 7) is 10.8. The lowest BCUT2D eigenvalue weighted by Gasteiger charge is -2.19. The normalized spacial score (nSPS) is 15.0. The van der Waals surface area contributed by atoms with Gasteiger partial charge in [-0.2, -0.15) is 0 Å². The van der Waals surface area contributed by atoms with Crippen LogP contribution >= 0.6 is 0 Å². The van der Waals surface area contributed by atoms with E-state index in [2.05, 4.69) is 62.5 Å². The molecular formula is C15H22N2. The molecule has 0 amide bonds. The third-order valence-corrected chi connectivity index (χ3v) is 3.44. The number of rotatable bonds is 3. The molecule has 0 atom stereocenters. The van der Waals surface area contributed by atoms with Crippen LogP contribution in [-0.2, 0) is 6.54 Å². The van der Waals surface area contributed by atoms with Crippen LogP contribution in [0.1, 0.15) is 42.0 Å². The van der Waals surface area contributed by atoms with Crippen LogP contribution in [-0.4, -0.2) is 11.6 Å². The summed E-state index contributed by atoms with van der Waals surface area (Å²) >= 11 is 0. The largest absolute Gasteiger partial charge is 0.311 e. The molecule has 0 bridgehead atoms. The first-order valence-electron chi connectivity index (χ1n) is 6.34. The number of benzene rings is 1. The molecule has 1 aliphatic heterocycles. The van der Waals surface area contributed by atoms with Gasteiger partial charge in [-0.25, -0.2) is 5.43 Å². The van der Waals surface area contributed by atoms with Gasteiger partial charge >= 0.3 is 0 Å². The monoisotopic (exact) mass is 230 g/mol. The second-order valence-electron chi connectivity index (χ2n) is 5.16. The molecule has 0 aromatic heterocycles. The third kappa shape index (κ3) is 2.70. The van der Waals surface area contributed by atoms with Crippen molar-refractivity contribution in [1.29, 1.82) is 0 Å². The summed E-state index contributed by atoms with van der Waals surface area (Å²) in [5.74, 6) is 0.593. The molecule has 0 unspecified atom stereocenters. The average molecular weight is 230 g/mol. The van der Waals surface area contributed by atoms with E-state index in [9.17, 15) is 0 Å². The van der Waals surface area contributed by atoms with Gasteiger partial charge in [0.2, 0.25) is 0 Å². The van der Waals surface area contributed by atoms with Crippen LogP contribution in [0.5, 0.6) is 0 Å². The van der Waals surface area contributed by atoms with Gasteiger partial charge in [0.15, 0.2) is 0 Å². The lowest BCUT2D eigenvalue weighted by molar-refractivity contribution is 0.298. The summed E-state index contributed by atoms with van der Waals surface area (Å²) in [5.41, 5.74) is 9.01. The second-order valence-corrected chi connectivity index (χ2v) is 5.16. The highest BCUT2D eigenvalue weighted by Crippen LogP contribution is 2.24. The molecule has 0 fully saturated rings. The van der Waals surface area contributed by atoms with E-state index in [1.807, 2.05) is 0 Å². The Morgan fingerprint density at radius 1 is 1.29 bits per heavy atom. The maximum Gasteiger partial charge on any atom is 0.0588 e. The molecule has 0 saturated heterocycles. The van der Waals surface area contributed by atoms with Gasteiger partial charge < -0.3 is 5.01 Å². The number of hydrogen-bond acceptors (Lipinski definition) is 2. The highest BCUT2D eigenvalue weighted by atomic mass is 15.5. The molecule has 2 nitrogen and oxygen atoms in total. The van der Waals surface area contributed by atoms with Crippen molar-refractivity contribution in [3.63, 3.8) is 0 Å². The van der Waals surface area contributed by atoms with Crippen LogP contribution in [0.2, 0.25) is 0 Å². The summed E-state index contributed by atoms with van der Waals surface area (Å²) in [5, 5.41) is 2.15. The number of nitrogens with one attached hydrogen (secondary N) is 1. The van der Waals surface area contributed by atoms with Crippen molar-refractivity contribution in [2.75, 3.05) is 6.54 Å². The van der Waals surface area contributed by atoms with Crippen molar-refractivity contribution >= 4 is 0 Å². The van der Waals surface area contributed by atoms with E-state index in [1.54, 1.807) is 0 Å². The molecule has 1 aliphatic rings. The minimum atomic E-state index is 0.593. The van der Waals surface area contributed by atoms with Crippen LogP contribution < -0.4 is 5.43 Å². The van der Waals surface area contributed by atoms with Gasteiger partial charge in [-0.1, -0.05) is 32.1 Å². The Kier molecular flexibility index (Phi) is 3.53. The highest BCUT2D eigenvalue weighted by Gasteiger charge is 2.10. The fourth-order valence-electron chi connectivity index (χ4n) is 2.36. The predicted molar refractivity (Wildman–Crippen MR) is 72.7 cm³/mol. The maximum atomic E-state index is 3.31. The molecule has 1 heterocycles. The highest BCUT2D eigenvalue weighted by molar-refractivity contribution is 5.39. The molecule has 0 spiro atoms. The van der Waals surface area contributed by atoms with E-state index < -0.39 is 0 Å². The standard InChI is InChI=1S/C15H22N2/c1-11(2)15-9-14(8-12(3)13(15)4)10-17-7-5-6-16-17/h5,7-9,11,16H,6,10H2,1-4H3. The van der Waals surface area contributed by atoms with Crippen molar-refractivity contribution in [2.24, 2.45) is 0 Å². The molecular weight excluding hydrogens is 208 g/mol. The van der Waals surface area contributed by atoms with E-state index in [0.717, 1.165) is 13.1 Å². The van der Waals surface area contributed by atoms with Crippen molar-refractivity contribution in [3.05, 3.63) is 46.7 Å². The average Bonchev–Trinajstić information content (AvgIpc) is 2.75.